The Morgan fingerprint density at radius 3 is 2.47 bits per heavy atom. The van der Waals surface area contributed by atoms with Crippen LogP contribution in [0.3, 0.4) is 0 Å². The predicted molar refractivity (Wildman–Crippen MR) is 65.1 cm³/mol. The van der Waals surface area contributed by atoms with E-state index in [4.69, 9.17) is 0 Å². The molecule has 3 unspecified atom stereocenters. The molecule has 15 heavy (non-hydrogen) atoms. The van der Waals surface area contributed by atoms with Crippen molar-refractivity contribution in [2.45, 2.75) is 64.1 Å². The molecule has 0 aromatic heterocycles. The Balaban J connectivity index is 1.76. The lowest BCUT2D eigenvalue weighted by Gasteiger charge is -2.24. The normalized spacial score (nSPS) is 36.2. The number of likely N-dealkylation sites (tertiary alicyclic amines) is 1. The van der Waals surface area contributed by atoms with E-state index >= 15 is 0 Å². The van der Waals surface area contributed by atoms with Crippen LogP contribution in [0.4, 0.5) is 0 Å². The van der Waals surface area contributed by atoms with E-state index < -0.39 is 0 Å². The SMILES string of the molecule is CC(NC1CC(C)N(C)C1)C1CCCC1. The number of hydrogen-bond donors (Lipinski definition) is 1. The largest absolute Gasteiger partial charge is 0.310 e. The van der Waals surface area contributed by atoms with Crippen molar-refractivity contribution < 1.29 is 0 Å². The topological polar surface area (TPSA) is 15.3 Å². The highest BCUT2D eigenvalue weighted by atomic mass is 15.2. The summed E-state index contributed by atoms with van der Waals surface area (Å²) in [7, 11) is 2.24. The van der Waals surface area contributed by atoms with Gasteiger partial charge in [0.05, 0.1) is 0 Å². The highest BCUT2D eigenvalue weighted by Gasteiger charge is 2.29. The van der Waals surface area contributed by atoms with Gasteiger partial charge in [0.1, 0.15) is 0 Å². The summed E-state index contributed by atoms with van der Waals surface area (Å²) in [5.74, 6) is 0.950. The summed E-state index contributed by atoms with van der Waals surface area (Å²) in [6, 6.07) is 2.23. The Kier molecular flexibility index (Phi) is 3.68. The van der Waals surface area contributed by atoms with Crippen molar-refractivity contribution in [1.29, 1.82) is 0 Å². The molecule has 1 N–H and O–H groups in total. The average molecular weight is 210 g/mol. The van der Waals surface area contributed by atoms with Crippen LogP contribution in [-0.2, 0) is 0 Å². The summed E-state index contributed by atoms with van der Waals surface area (Å²) < 4.78 is 0. The minimum absolute atomic E-state index is 0.733. The molecule has 1 saturated heterocycles. The molecule has 0 amide bonds. The third kappa shape index (κ3) is 2.73. The molecule has 0 spiro atoms. The van der Waals surface area contributed by atoms with Crippen LogP contribution < -0.4 is 5.32 Å². The fourth-order valence-electron chi connectivity index (χ4n) is 3.28. The Labute approximate surface area is 94.4 Å². The fourth-order valence-corrected chi connectivity index (χ4v) is 3.28. The van der Waals surface area contributed by atoms with Gasteiger partial charge in [-0.3, -0.25) is 0 Å². The standard InChI is InChI=1S/C13H26N2/c1-10-8-13(9-15(10)3)14-11(2)12-6-4-5-7-12/h10-14H,4-9H2,1-3H3. The highest BCUT2D eigenvalue weighted by Crippen LogP contribution is 2.28. The van der Waals surface area contributed by atoms with E-state index in [1.165, 1.54) is 38.6 Å². The van der Waals surface area contributed by atoms with Crippen LogP contribution in [0.15, 0.2) is 0 Å². The van der Waals surface area contributed by atoms with E-state index in [0.717, 1.165) is 24.0 Å². The van der Waals surface area contributed by atoms with Gasteiger partial charge < -0.3 is 10.2 Å². The lowest BCUT2D eigenvalue weighted by molar-refractivity contribution is 0.314. The summed E-state index contributed by atoms with van der Waals surface area (Å²) in [5.41, 5.74) is 0. The molecule has 1 aliphatic heterocycles. The molecule has 2 fully saturated rings. The number of nitrogens with zero attached hydrogens (tertiary/aromatic N) is 1. The number of nitrogens with one attached hydrogen (secondary N) is 1. The van der Waals surface area contributed by atoms with Gasteiger partial charge in [-0.05, 0) is 46.1 Å². The van der Waals surface area contributed by atoms with Gasteiger partial charge in [0.2, 0.25) is 0 Å². The van der Waals surface area contributed by atoms with Gasteiger partial charge in [-0.2, -0.15) is 0 Å². The van der Waals surface area contributed by atoms with E-state index in [9.17, 15) is 0 Å². The molecule has 2 heteroatoms. The Morgan fingerprint density at radius 2 is 1.93 bits per heavy atom. The van der Waals surface area contributed by atoms with E-state index in [2.05, 4.69) is 31.1 Å². The molecule has 2 nitrogen and oxygen atoms in total. The second-order valence-corrected chi connectivity index (χ2v) is 5.72. The zero-order valence-electron chi connectivity index (χ0n) is 10.5. The molecule has 0 radical (unpaired) electrons. The molecule has 2 aliphatic rings. The second kappa shape index (κ2) is 4.84. The van der Waals surface area contributed by atoms with Gasteiger partial charge >= 0.3 is 0 Å². The van der Waals surface area contributed by atoms with Crippen molar-refractivity contribution in [3.8, 4) is 0 Å². The molecule has 0 bridgehead atoms. The van der Waals surface area contributed by atoms with E-state index in [1.54, 1.807) is 0 Å². The first kappa shape index (κ1) is 11.4. The Bertz CT molecular complexity index is 189. The highest BCUT2D eigenvalue weighted by molar-refractivity contribution is 4.88. The minimum Gasteiger partial charge on any atom is -0.310 e. The molecule has 1 heterocycles. The van der Waals surface area contributed by atoms with Crippen LogP contribution in [0.2, 0.25) is 0 Å². The first-order chi connectivity index (χ1) is 7.16. The third-order valence-corrected chi connectivity index (χ3v) is 4.49. The van der Waals surface area contributed by atoms with E-state index in [-0.39, 0.29) is 0 Å². The zero-order chi connectivity index (χ0) is 10.8. The van der Waals surface area contributed by atoms with Gasteiger partial charge in [-0.25, -0.2) is 0 Å². The monoisotopic (exact) mass is 210 g/mol. The maximum atomic E-state index is 3.84. The molecule has 3 atom stereocenters. The fraction of sp³-hybridized carbons (Fsp3) is 1.00. The summed E-state index contributed by atoms with van der Waals surface area (Å²) in [5, 5.41) is 3.84. The first-order valence-corrected chi connectivity index (χ1v) is 6.63. The zero-order valence-corrected chi connectivity index (χ0v) is 10.5. The van der Waals surface area contributed by atoms with Gasteiger partial charge in [-0.1, -0.05) is 12.8 Å². The first-order valence-electron chi connectivity index (χ1n) is 6.63. The molecular formula is C13H26N2. The molecule has 2 rings (SSSR count). The average Bonchev–Trinajstić information content (AvgIpc) is 2.77. The van der Waals surface area contributed by atoms with Crippen LogP contribution >= 0.6 is 0 Å². The maximum Gasteiger partial charge on any atom is 0.0212 e. The number of hydrogen-bond acceptors (Lipinski definition) is 2. The van der Waals surface area contributed by atoms with Crippen LogP contribution in [0.1, 0.15) is 46.0 Å². The van der Waals surface area contributed by atoms with Crippen molar-refractivity contribution in [1.82, 2.24) is 10.2 Å². The van der Waals surface area contributed by atoms with Gasteiger partial charge in [0.25, 0.3) is 0 Å². The molecule has 0 aromatic carbocycles. The Hall–Kier alpha value is -0.0800. The van der Waals surface area contributed by atoms with Gasteiger partial charge in [0.15, 0.2) is 0 Å². The smallest absolute Gasteiger partial charge is 0.0212 e. The predicted octanol–water partition coefficient (Wildman–Crippen LogP) is 2.25. The van der Waals surface area contributed by atoms with Crippen LogP contribution in [-0.4, -0.2) is 36.6 Å². The molecule has 88 valence electrons. The molecule has 1 aliphatic carbocycles. The van der Waals surface area contributed by atoms with E-state index in [1.807, 2.05) is 0 Å². The van der Waals surface area contributed by atoms with Crippen LogP contribution in [0.5, 0.6) is 0 Å². The van der Waals surface area contributed by atoms with Crippen molar-refractivity contribution >= 4 is 0 Å². The summed E-state index contributed by atoms with van der Waals surface area (Å²) in [4.78, 5) is 2.47. The summed E-state index contributed by atoms with van der Waals surface area (Å²) >= 11 is 0. The van der Waals surface area contributed by atoms with Crippen molar-refractivity contribution in [3.05, 3.63) is 0 Å². The molecule has 1 saturated carbocycles. The van der Waals surface area contributed by atoms with Crippen molar-refractivity contribution in [2.75, 3.05) is 13.6 Å². The van der Waals surface area contributed by atoms with E-state index in [0.29, 0.717) is 0 Å². The lowest BCUT2D eigenvalue weighted by atomic mass is 9.98. The molecular weight excluding hydrogens is 184 g/mol. The quantitative estimate of drug-likeness (QED) is 0.768. The summed E-state index contributed by atoms with van der Waals surface area (Å²) in [6.07, 6.45) is 7.14. The van der Waals surface area contributed by atoms with Crippen LogP contribution in [0, 0.1) is 5.92 Å². The lowest BCUT2D eigenvalue weighted by Crippen LogP contribution is -2.41. The second-order valence-electron chi connectivity index (χ2n) is 5.72. The Morgan fingerprint density at radius 1 is 1.27 bits per heavy atom. The number of likely N-dealkylation sites (N-methyl/N-ethyl adjacent to an activating group) is 1. The van der Waals surface area contributed by atoms with Crippen molar-refractivity contribution in [2.24, 2.45) is 5.92 Å². The van der Waals surface area contributed by atoms with Crippen LogP contribution in [0.25, 0.3) is 0 Å². The summed E-state index contributed by atoms with van der Waals surface area (Å²) in [6.45, 7) is 5.96. The third-order valence-electron chi connectivity index (χ3n) is 4.49. The molecule has 0 aromatic rings. The number of rotatable bonds is 3. The van der Waals surface area contributed by atoms with Crippen molar-refractivity contribution in [3.63, 3.8) is 0 Å². The van der Waals surface area contributed by atoms with Gasteiger partial charge in [-0.15, -0.1) is 0 Å². The maximum absolute atomic E-state index is 3.84. The minimum atomic E-state index is 0.733. The van der Waals surface area contributed by atoms with Gasteiger partial charge in [0, 0.05) is 24.7 Å².